The minimum atomic E-state index is 0.155. The van der Waals surface area contributed by atoms with Gasteiger partial charge in [0.1, 0.15) is 0 Å². The van der Waals surface area contributed by atoms with Crippen LogP contribution in [0.2, 0.25) is 0 Å². The largest absolute Gasteiger partial charge is 0.478 e. The van der Waals surface area contributed by atoms with E-state index < -0.39 is 0 Å². The first-order valence-corrected chi connectivity index (χ1v) is 9.22. The Morgan fingerprint density at radius 2 is 1.88 bits per heavy atom. The Morgan fingerprint density at radius 1 is 1.24 bits per heavy atom. The van der Waals surface area contributed by atoms with E-state index in [1.54, 1.807) is 0 Å². The Hall–Kier alpha value is -1.85. The molecule has 0 bridgehead atoms. The minimum absolute atomic E-state index is 0.155. The second-order valence-corrected chi connectivity index (χ2v) is 7.92. The van der Waals surface area contributed by atoms with Crippen molar-refractivity contribution in [2.45, 2.75) is 48.0 Å². The number of amides is 1. The molecule has 1 aliphatic rings. The van der Waals surface area contributed by atoms with E-state index in [0.717, 1.165) is 31.9 Å². The molecule has 140 valence electrons. The lowest BCUT2D eigenvalue weighted by Gasteiger charge is -2.36. The van der Waals surface area contributed by atoms with Crippen LogP contribution >= 0.6 is 0 Å². The molecule has 1 saturated heterocycles. The van der Waals surface area contributed by atoms with Gasteiger partial charge in [-0.25, -0.2) is 4.98 Å². The number of rotatable bonds is 5. The Morgan fingerprint density at radius 3 is 2.44 bits per heavy atom. The Bertz CT molecular complexity index is 590. The fourth-order valence-corrected chi connectivity index (χ4v) is 2.74. The molecular weight excluding hydrogens is 316 g/mol. The first kappa shape index (κ1) is 19.5. The summed E-state index contributed by atoms with van der Waals surface area (Å²) in [6, 6.07) is 1.85. The van der Waals surface area contributed by atoms with Crippen molar-refractivity contribution in [1.82, 2.24) is 14.9 Å². The molecule has 0 spiro atoms. The highest BCUT2D eigenvalue weighted by Gasteiger charge is 2.27. The Kier molecular flexibility index (Phi) is 6.25. The number of aryl methyl sites for hydroxylation is 1. The third-order valence-corrected chi connectivity index (χ3v) is 4.99. The molecule has 25 heavy (non-hydrogen) atoms. The summed E-state index contributed by atoms with van der Waals surface area (Å²) >= 11 is 0. The van der Waals surface area contributed by atoms with Gasteiger partial charge in [0, 0.05) is 44.4 Å². The van der Waals surface area contributed by atoms with Gasteiger partial charge >= 0.3 is 0 Å². The van der Waals surface area contributed by atoms with Crippen molar-refractivity contribution in [1.29, 1.82) is 0 Å². The normalized spacial score (nSPS) is 16.7. The second-order valence-electron chi connectivity index (χ2n) is 7.92. The quantitative estimate of drug-likeness (QED) is 0.819. The van der Waals surface area contributed by atoms with E-state index in [1.807, 2.05) is 24.8 Å². The van der Waals surface area contributed by atoms with E-state index in [4.69, 9.17) is 4.74 Å². The number of ether oxygens (including phenoxy) is 1. The molecule has 6 nitrogen and oxygen atoms in total. The van der Waals surface area contributed by atoms with E-state index in [1.165, 1.54) is 0 Å². The van der Waals surface area contributed by atoms with E-state index in [9.17, 15) is 4.79 Å². The molecule has 1 amide bonds. The van der Waals surface area contributed by atoms with Crippen molar-refractivity contribution >= 4 is 11.9 Å². The molecule has 6 heteroatoms. The van der Waals surface area contributed by atoms with Crippen molar-refractivity contribution < 1.29 is 9.53 Å². The summed E-state index contributed by atoms with van der Waals surface area (Å²) in [4.78, 5) is 25.7. The van der Waals surface area contributed by atoms with Crippen molar-refractivity contribution in [3.05, 3.63) is 11.8 Å². The summed E-state index contributed by atoms with van der Waals surface area (Å²) in [7, 11) is 0. The highest BCUT2D eigenvalue weighted by Crippen LogP contribution is 2.28. The first-order chi connectivity index (χ1) is 11.7. The molecule has 1 unspecified atom stereocenters. The van der Waals surface area contributed by atoms with Crippen molar-refractivity contribution in [2.24, 2.45) is 11.3 Å². The lowest BCUT2D eigenvalue weighted by atomic mass is 9.80. The molecule has 2 rings (SSSR count). The van der Waals surface area contributed by atoms with Gasteiger partial charge in [-0.1, -0.05) is 27.7 Å². The summed E-state index contributed by atoms with van der Waals surface area (Å²) in [6.07, 6.45) is 0.610. The van der Waals surface area contributed by atoms with Crippen LogP contribution in [-0.4, -0.2) is 53.6 Å². The number of anilines is 1. The summed E-state index contributed by atoms with van der Waals surface area (Å²) < 4.78 is 5.51. The van der Waals surface area contributed by atoms with Crippen LogP contribution in [0.5, 0.6) is 5.88 Å². The second kappa shape index (κ2) is 8.02. The van der Waals surface area contributed by atoms with Crippen LogP contribution in [0.15, 0.2) is 6.07 Å². The molecule has 1 aromatic rings. The van der Waals surface area contributed by atoms with Gasteiger partial charge in [0.15, 0.2) is 0 Å². The lowest BCUT2D eigenvalue weighted by Crippen LogP contribution is -2.49. The standard InChI is InChI=1S/C19H32N4O2/c1-7-25-16-13-15(3)20-18(21-16)23-10-8-22(9-11-23)17(24)12-14(2)19(4,5)6/h13-14H,7-12H2,1-6H3. The average molecular weight is 348 g/mol. The lowest BCUT2D eigenvalue weighted by molar-refractivity contribution is -0.133. The average Bonchev–Trinajstić information content (AvgIpc) is 2.54. The fraction of sp³-hybridized carbons (Fsp3) is 0.737. The Balaban J connectivity index is 1.94. The zero-order valence-corrected chi connectivity index (χ0v) is 16.5. The van der Waals surface area contributed by atoms with Gasteiger partial charge in [-0.2, -0.15) is 4.98 Å². The van der Waals surface area contributed by atoms with Crippen molar-refractivity contribution in [3.63, 3.8) is 0 Å². The highest BCUT2D eigenvalue weighted by molar-refractivity contribution is 5.76. The number of hydrogen-bond acceptors (Lipinski definition) is 5. The van der Waals surface area contributed by atoms with E-state index in [0.29, 0.717) is 30.8 Å². The SMILES string of the molecule is CCOc1cc(C)nc(N2CCN(C(=O)CC(C)C(C)(C)C)CC2)n1. The van der Waals surface area contributed by atoms with Crippen LogP contribution in [0.4, 0.5) is 5.95 Å². The van der Waals surface area contributed by atoms with Crippen LogP contribution in [-0.2, 0) is 4.79 Å². The molecule has 0 radical (unpaired) electrons. The predicted octanol–water partition coefficient (Wildman–Crippen LogP) is 2.90. The number of nitrogens with zero attached hydrogens (tertiary/aromatic N) is 4. The van der Waals surface area contributed by atoms with Gasteiger partial charge in [0.05, 0.1) is 6.61 Å². The molecule has 0 N–H and O–H groups in total. The van der Waals surface area contributed by atoms with Gasteiger partial charge in [-0.15, -0.1) is 0 Å². The zero-order chi connectivity index (χ0) is 18.6. The van der Waals surface area contributed by atoms with Crippen LogP contribution < -0.4 is 9.64 Å². The maximum atomic E-state index is 12.5. The molecule has 1 aliphatic heterocycles. The fourth-order valence-electron chi connectivity index (χ4n) is 2.74. The van der Waals surface area contributed by atoms with E-state index in [-0.39, 0.29) is 11.3 Å². The first-order valence-electron chi connectivity index (χ1n) is 9.22. The molecular formula is C19H32N4O2. The maximum absolute atomic E-state index is 12.5. The summed E-state index contributed by atoms with van der Waals surface area (Å²) in [5, 5.41) is 0. The molecule has 0 aromatic carbocycles. The number of piperazine rings is 1. The van der Waals surface area contributed by atoms with Gasteiger partial charge in [0.2, 0.25) is 17.7 Å². The zero-order valence-electron chi connectivity index (χ0n) is 16.5. The third-order valence-electron chi connectivity index (χ3n) is 4.99. The van der Waals surface area contributed by atoms with Crippen LogP contribution in [0.3, 0.4) is 0 Å². The number of aromatic nitrogens is 2. The maximum Gasteiger partial charge on any atom is 0.228 e. The monoisotopic (exact) mass is 348 g/mol. The van der Waals surface area contributed by atoms with Crippen LogP contribution in [0, 0.1) is 18.3 Å². The molecule has 1 aromatic heterocycles. The Labute approximate surface area is 151 Å². The van der Waals surface area contributed by atoms with E-state index in [2.05, 4.69) is 42.6 Å². The smallest absolute Gasteiger partial charge is 0.228 e. The van der Waals surface area contributed by atoms with E-state index >= 15 is 0 Å². The number of carbonyl (C=O) groups is 1. The predicted molar refractivity (Wildman–Crippen MR) is 100.0 cm³/mol. The number of carbonyl (C=O) groups excluding carboxylic acids is 1. The van der Waals surface area contributed by atoms with Crippen molar-refractivity contribution in [2.75, 3.05) is 37.7 Å². The summed E-state index contributed by atoms with van der Waals surface area (Å²) in [5.74, 6) is 1.93. The van der Waals surface area contributed by atoms with Gasteiger partial charge in [-0.3, -0.25) is 4.79 Å². The molecule has 1 atom stereocenters. The van der Waals surface area contributed by atoms with Crippen LogP contribution in [0.1, 0.15) is 46.7 Å². The number of hydrogen-bond donors (Lipinski definition) is 0. The van der Waals surface area contributed by atoms with Crippen molar-refractivity contribution in [3.8, 4) is 5.88 Å². The molecule has 1 fully saturated rings. The highest BCUT2D eigenvalue weighted by atomic mass is 16.5. The third kappa shape index (κ3) is 5.31. The van der Waals surface area contributed by atoms with Gasteiger partial charge < -0.3 is 14.5 Å². The van der Waals surface area contributed by atoms with Gasteiger partial charge in [-0.05, 0) is 25.2 Å². The topological polar surface area (TPSA) is 58.6 Å². The van der Waals surface area contributed by atoms with Gasteiger partial charge in [0.25, 0.3) is 0 Å². The molecule has 0 saturated carbocycles. The molecule has 2 heterocycles. The molecule has 0 aliphatic carbocycles. The summed E-state index contributed by atoms with van der Waals surface area (Å²) in [5.41, 5.74) is 1.05. The summed E-state index contributed by atoms with van der Waals surface area (Å²) in [6.45, 7) is 16.1. The minimum Gasteiger partial charge on any atom is -0.478 e. The van der Waals surface area contributed by atoms with Crippen LogP contribution in [0.25, 0.3) is 0 Å².